The van der Waals surface area contributed by atoms with Crippen LogP contribution in [0.4, 0.5) is 0 Å². The summed E-state index contributed by atoms with van der Waals surface area (Å²) in [5.74, 6) is 0.757. The largest absolute Gasteiger partial charge is 0.377 e. The van der Waals surface area contributed by atoms with Gasteiger partial charge in [-0.1, -0.05) is 12.1 Å². The van der Waals surface area contributed by atoms with Crippen LogP contribution in [0.3, 0.4) is 0 Å². The van der Waals surface area contributed by atoms with E-state index in [1.54, 1.807) is 13.2 Å². The van der Waals surface area contributed by atoms with Gasteiger partial charge < -0.3 is 20.1 Å². The normalized spacial score (nSPS) is 17.8. The molecule has 2 heterocycles. The van der Waals surface area contributed by atoms with E-state index in [9.17, 15) is 0 Å². The summed E-state index contributed by atoms with van der Waals surface area (Å²) in [6.45, 7) is 4.98. The first-order chi connectivity index (χ1) is 13.3. The maximum absolute atomic E-state index is 5.68. The zero-order valence-electron chi connectivity index (χ0n) is 16.5. The Bertz CT molecular complexity index is 717. The third-order valence-corrected chi connectivity index (χ3v) is 4.58. The Morgan fingerprint density at radius 1 is 1.43 bits per heavy atom. The minimum absolute atomic E-state index is 0. The van der Waals surface area contributed by atoms with Crippen molar-refractivity contribution in [3.8, 4) is 5.69 Å². The van der Waals surface area contributed by atoms with Crippen LogP contribution in [0.25, 0.3) is 5.69 Å². The predicted molar refractivity (Wildman–Crippen MR) is 122 cm³/mol. The molecule has 7 nitrogen and oxygen atoms in total. The van der Waals surface area contributed by atoms with Gasteiger partial charge in [-0.05, 0) is 43.5 Å². The summed E-state index contributed by atoms with van der Waals surface area (Å²) in [7, 11) is 1.77. The van der Waals surface area contributed by atoms with Crippen molar-refractivity contribution in [2.45, 2.75) is 31.9 Å². The molecule has 1 aromatic heterocycles. The third kappa shape index (κ3) is 6.75. The van der Waals surface area contributed by atoms with Crippen molar-refractivity contribution in [2.24, 2.45) is 4.99 Å². The van der Waals surface area contributed by atoms with Gasteiger partial charge in [0.1, 0.15) is 0 Å². The van der Waals surface area contributed by atoms with Crippen molar-refractivity contribution in [3.63, 3.8) is 0 Å². The molecule has 2 unspecified atom stereocenters. The molecule has 8 heteroatoms. The highest BCUT2D eigenvalue weighted by molar-refractivity contribution is 14.0. The monoisotopic (exact) mass is 499 g/mol. The minimum atomic E-state index is 0. The van der Waals surface area contributed by atoms with Crippen LogP contribution in [0.1, 0.15) is 31.4 Å². The summed E-state index contributed by atoms with van der Waals surface area (Å²) in [6, 6.07) is 10.3. The maximum atomic E-state index is 5.68. The van der Waals surface area contributed by atoms with Gasteiger partial charge in [0.25, 0.3) is 0 Å². The molecule has 0 aliphatic carbocycles. The smallest absolute Gasteiger partial charge is 0.191 e. The van der Waals surface area contributed by atoms with Gasteiger partial charge in [-0.15, -0.1) is 24.0 Å². The van der Waals surface area contributed by atoms with Gasteiger partial charge in [-0.25, -0.2) is 4.68 Å². The quantitative estimate of drug-likeness (QED) is 0.253. The molecule has 0 amide bonds. The van der Waals surface area contributed by atoms with Gasteiger partial charge >= 0.3 is 0 Å². The van der Waals surface area contributed by atoms with Crippen molar-refractivity contribution in [1.29, 1.82) is 0 Å². The molecule has 0 radical (unpaired) electrons. The Morgan fingerprint density at radius 2 is 2.32 bits per heavy atom. The lowest BCUT2D eigenvalue weighted by atomic mass is 10.1. The van der Waals surface area contributed by atoms with E-state index in [1.807, 2.05) is 29.1 Å². The van der Waals surface area contributed by atoms with E-state index in [0.717, 1.165) is 31.1 Å². The Balaban J connectivity index is 0.00000280. The molecule has 1 fully saturated rings. The molecule has 0 spiro atoms. The minimum Gasteiger partial charge on any atom is -0.377 e. The topological polar surface area (TPSA) is 72.7 Å². The number of ether oxygens (including phenoxy) is 2. The molecule has 2 N–H and O–H groups in total. The molecule has 3 rings (SSSR count). The van der Waals surface area contributed by atoms with Gasteiger partial charge in [0.2, 0.25) is 0 Å². The Hall–Kier alpha value is -1.65. The number of rotatable bonds is 8. The van der Waals surface area contributed by atoms with E-state index in [1.165, 1.54) is 5.56 Å². The van der Waals surface area contributed by atoms with E-state index in [-0.39, 0.29) is 36.1 Å². The number of nitrogens with zero attached hydrogens (tertiary/aromatic N) is 3. The number of hydrogen-bond donors (Lipinski definition) is 2. The van der Waals surface area contributed by atoms with Crippen LogP contribution < -0.4 is 10.6 Å². The van der Waals surface area contributed by atoms with Crippen molar-refractivity contribution in [1.82, 2.24) is 20.4 Å². The predicted octanol–water partition coefficient (Wildman–Crippen LogP) is 2.91. The summed E-state index contributed by atoms with van der Waals surface area (Å²) in [5.41, 5.74) is 2.21. The van der Waals surface area contributed by atoms with Crippen LogP contribution in [0.2, 0.25) is 0 Å². The van der Waals surface area contributed by atoms with Crippen LogP contribution in [0.15, 0.2) is 47.7 Å². The number of nitrogens with one attached hydrogen (secondary N) is 2. The summed E-state index contributed by atoms with van der Waals surface area (Å²) < 4.78 is 13.1. The SMILES string of the molecule is CN=C(NCCOCC1CCCO1)NC(C)c1cccc(-n2cccn2)c1.I. The van der Waals surface area contributed by atoms with E-state index in [0.29, 0.717) is 19.8 Å². The summed E-state index contributed by atoms with van der Waals surface area (Å²) in [6.07, 6.45) is 6.23. The number of aromatic nitrogens is 2. The fraction of sp³-hybridized carbons (Fsp3) is 0.500. The Kier molecular flexibility index (Phi) is 9.72. The van der Waals surface area contributed by atoms with Crippen LogP contribution in [-0.4, -0.2) is 55.3 Å². The van der Waals surface area contributed by atoms with Crippen LogP contribution in [-0.2, 0) is 9.47 Å². The molecule has 1 aliphatic heterocycles. The average molecular weight is 499 g/mol. The molecule has 2 atom stereocenters. The molecular weight excluding hydrogens is 469 g/mol. The number of hydrogen-bond acceptors (Lipinski definition) is 4. The molecule has 0 saturated carbocycles. The fourth-order valence-electron chi connectivity index (χ4n) is 3.07. The van der Waals surface area contributed by atoms with E-state index >= 15 is 0 Å². The average Bonchev–Trinajstić information content (AvgIpc) is 3.41. The van der Waals surface area contributed by atoms with Crippen molar-refractivity contribution in [3.05, 3.63) is 48.3 Å². The Labute approximate surface area is 183 Å². The number of benzene rings is 1. The van der Waals surface area contributed by atoms with Gasteiger partial charge in [-0.2, -0.15) is 5.10 Å². The number of guanidine groups is 1. The standard InChI is InChI=1S/C20H29N5O2.HI/c1-16(17-6-3-7-18(14-17)25-11-5-9-23-25)24-20(21-2)22-10-13-26-15-19-8-4-12-27-19;/h3,5-7,9,11,14,16,19H,4,8,10,12-13,15H2,1-2H3,(H2,21,22,24);1H. The van der Waals surface area contributed by atoms with Gasteiger partial charge in [0, 0.05) is 32.6 Å². The van der Waals surface area contributed by atoms with E-state index < -0.39 is 0 Å². The number of halogens is 1. The maximum Gasteiger partial charge on any atom is 0.191 e. The van der Waals surface area contributed by atoms with Crippen molar-refractivity contribution < 1.29 is 9.47 Å². The second kappa shape index (κ2) is 12.0. The summed E-state index contributed by atoms with van der Waals surface area (Å²) in [5, 5.41) is 11.0. The fourth-order valence-corrected chi connectivity index (χ4v) is 3.07. The first-order valence-electron chi connectivity index (χ1n) is 9.53. The second-order valence-corrected chi connectivity index (χ2v) is 6.62. The molecule has 0 bridgehead atoms. The van der Waals surface area contributed by atoms with E-state index in [2.05, 4.69) is 39.8 Å². The lowest BCUT2D eigenvalue weighted by Gasteiger charge is -2.19. The highest BCUT2D eigenvalue weighted by atomic mass is 127. The molecule has 1 aliphatic rings. The van der Waals surface area contributed by atoms with E-state index in [4.69, 9.17) is 9.47 Å². The number of aliphatic imine (C=N–C) groups is 1. The zero-order chi connectivity index (χ0) is 18.9. The highest BCUT2D eigenvalue weighted by Gasteiger charge is 2.15. The van der Waals surface area contributed by atoms with Crippen LogP contribution >= 0.6 is 24.0 Å². The molecule has 28 heavy (non-hydrogen) atoms. The summed E-state index contributed by atoms with van der Waals surface area (Å²) in [4.78, 5) is 4.30. The lowest BCUT2D eigenvalue weighted by molar-refractivity contribution is 0.0191. The second-order valence-electron chi connectivity index (χ2n) is 6.62. The molecule has 1 aromatic carbocycles. The van der Waals surface area contributed by atoms with Crippen LogP contribution in [0.5, 0.6) is 0 Å². The van der Waals surface area contributed by atoms with Crippen molar-refractivity contribution in [2.75, 3.05) is 33.4 Å². The zero-order valence-corrected chi connectivity index (χ0v) is 18.8. The van der Waals surface area contributed by atoms with Gasteiger partial charge in [0.05, 0.1) is 31.0 Å². The lowest BCUT2D eigenvalue weighted by Crippen LogP contribution is -2.40. The van der Waals surface area contributed by atoms with Gasteiger partial charge in [0.15, 0.2) is 5.96 Å². The first-order valence-corrected chi connectivity index (χ1v) is 9.53. The molecule has 1 saturated heterocycles. The van der Waals surface area contributed by atoms with Crippen LogP contribution in [0, 0.1) is 0 Å². The first kappa shape index (κ1) is 22.6. The highest BCUT2D eigenvalue weighted by Crippen LogP contribution is 2.16. The van der Waals surface area contributed by atoms with Gasteiger partial charge in [-0.3, -0.25) is 4.99 Å². The molecular formula is C20H30IN5O2. The molecule has 2 aromatic rings. The van der Waals surface area contributed by atoms with Crippen molar-refractivity contribution >= 4 is 29.9 Å². The molecule has 154 valence electrons. The Morgan fingerprint density at radius 3 is 3.04 bits per heavy atom. The third-order valence-electron chi connectivity index (χ3n) is 4.58. The summed E-state index contributed by atoms with van der Waals surface area (Å²) >= 11 is 0.